The number of fused-ring (bicyclic) bond motifs is 1. The lowest BCUT2D eigenvalue weighted by Crippen LogP contribution is -2.39. The molecule has 0 amide bonds. The molecule has 1 nitrogen and oxygen atoms in total. The molecule has 2 aliphatic rings. The quantitative estimate of drug-likeness (QED) is 0.589. The molecule has 1 N–H and O–H groups in total. The summed E-state index contributed by atoms with van der Waals surface area (Å²) in [5, 5.41) is 10.2. The minimum absolute atomic E-state index is 0.420. The van der Waals surface area contributed by atoms with E-state index in [2.05, 4.69) is 18.7 Å². The Balaban J connectivity index is 2.11. The van der Waals surface area contributed by atoms with E-state index in [9.17, 15) is 5.11 Å². The molecule has 1 saturated carbocycles. The van der Waals surface area contributed by atoms with Crippen LogP contribution in [0.1, 0.15) is 25.7 Å². The summed E-state index contributed by atoms with van der Waals surface area (Å²) in [4.78, 5) is 0. The number of hydrogen-bond acceptors (Lipinski definition) is 1. The van der Waals surface area contributed by atoms with E-state index in [1.54, 1.807) is 0 Å². The Morgan fingerprint density at radius 3 is 3.08 bits per heavy atom. The van der Waals surface area contributed by atoms with Gasteiger partial charge in [0.1, 0.15) is 0 Å². The van der Waals surface area contributed by atoms with E-state index >= 15 is 0 Å². The van der Waals surface area contributed by atoms with E-state index in [0.717, 1.165) is 19.3 Å². The monoisotopic (exact) mass is 164 g/mol. The van der Waals surface area contributed by atoms with Crippen molar-refractivity contribution in [3.8, 4) is 0 Å². The fraction of sp³-hybridized carbons (Fsp3) is 0.636. The normalized spacial score (nSPS) is 45.8. The highest BCUT2D eigenvalue weighted by Gasteiger charge is 2.41. The van der Waals surface area contributed by atoms with Crippen molar-refractivity contribution in [2.24, 2.45) is 11.8 Å². The second kappa shape index (κ2) is 2.74. The predicted octanol–water partition coefficient (Wildman–Crippen LogP) is 2.28. The number of allylic oxidation sites excluding steroid dienone is 1. The molecule has 0 aliphatic heterocycles. The van der Waals surface area contributed by atoms with Gasteiger partial charge in [-0.2, -0.15) is 0 Å². The highest BCUT2D eigenvalue weighted by molar-refractivity contribution is 5.13. The van der Waals surface area contributed by atoms with Crippen molar-refractivity contribution < 1.29 is 5.11 Å². The number of hydrogen-bond donors (Lipinski definition) is 1. The van der Waals surface area contributed by atoms with Gasteiger partial charge in [0.25, 0.3) is 0 Å². The maximum Gasteiger partial charge on any atom is 0.0749 e. The maximum atomic E-state index is 10.2. The van der Waals surface area contributed by atoms with Crippen LogP contribution in [-0.2, 0) is 0 Å². The zero-order chi connectivity index (χ0) is 8.60. The predicted molar refractivity (Wildman–Crippen MR) is 49.7 cm³/mol. The van der Waals surface area contributed by atoms with Crippen LogP contribution >= 0.6 is 0 Å². The molecule has 0 bridgehead atoms. The Labute approximate surface area is 73.8 Å². The maximum absolute atomic E-state index is 10.2. The minimum Gasteiger partial charge on any atom is -0.389 e. The van der Waals surface area contributed by atoms with Gasteiger partial charge in [-0.1, -0.05) is 18.2 Å². The second-order valence-corrected chi connectivity index (χ2v) is 4.12. The largest absolute Gasteiger partial charge is 0.389 e. The van der Waals surface area contributed by atoms with Gasteiger partial charge in [-0.05, 0) is 31.6 Å². The highest BCUT2D eigenvalue weighted by Crippen LogP contribution is 2.43. The van der Waals surface area contributed by atoms with Gasteiger partial charge in [-0.15, -0.1) is 6.58 Å². The summed E-state index contributed by atoms with van der Waals surface area (Å²) in [7, 11) is 0. The van der Waals surface area contributed by atoms with Gasteiger partial charge >= 0.3 is 0 Å². The molecule has 12 heavy (non-hydrogen) atoms. The van der Waals surface area contributed by atoms with Gasteiger partial charge in [0.05, 0.1) is 5.60 Å². The summed E-state index contributed by atoms with van der Waals surface area (Å²) < 4.78 is 0. The van der Waals surface area contributed by atoms with E-state index in [-0.39, 0.29) is 0 Å². The Morgan fingerprint density at radius 1 is 1.50 bits per heavy atom. The minimum atomic E-state index is -0.420. The third-order valence-electron chi connectivity index (χ3n) is 3.33. The highest BCUT2D eigenvalue weighted by atomic mass is 16.3. The molecule has 0 saturated heterocycles. The molecule has 3 atom stereocenters. The summed E-state index contributed by atoms with van der Waals surface area (Å²) in [5.41, 5.74) is -0.420. The number of aliphatic hydroxyl groups is 1. The first-order valence-corrected chi connectivity index (χ1v) is 4.76. The van der Waals surface area contributed by atoms with E-state index in [4.69, 9.17) is 0 Å². The number of rotatable bonds is 1. The third kappa shape index (κ3) is 1.13. The summed E-state index contributed by atoms with van der Waals surface area (Å²) in [6.07, 6.45) is 10.4. The Bertz CT molecular complexity index is 219. The van der Waals surface area contributed by atoms with Crippen LogP contribution < -0.4 is 0 Å². The molecule has 66 valence electrons. The zero-order valence-corrected chi connectivity index (χ0v) is 7.37. The van der Waals surface area contributed by atoms with Crippen molar-refractivity contribution >= 4 is 0 Å². The van der Waals surface area contributed by atoms with Crippen molar-refractivity contribution in [2.45, 2.75) is 31.3 Å². The van der Waals surface area contributed by atoms with Crippen LogP contribution in [0.3, 0.4) is 0 Å². The van der Waals surface area contributed by atoms with Gasteiger partial charge in [-0.25, -0.2) is 0 Å². The van der Waals surface area contributed by atoms with Crippen LogP contribution in [0.5, 0.6) is 0 Å². The molecule has 1 fully saturated rings. The van der Waals surface area contributed by atoms with Crippen molar-refractivity contribution in [2.75, 3.05) is 0 Å². The summed E-state index contributed by atoms with van der Waals surface area (Å²) >= 11 is 0. The average Bonchev–Trinajstić information content (AvgIpc) is 2.44. The topological polar surface area (TPSA) is 20.2 Å². The molecular weight excluding hydrogens is 148 g/mol. The van der Waals surface area contributed by atoms with Crippen LogP contribution in [0.4, 0.5) is 0 Å². The van der Waals surface area contributed by atoms with Gasteiger partial charge in [0.2, 0.25) is 0 Å². The summed E-state index contributed by atoms with van der Waals surface area (Å²) in [6.45, 7) is 3.80. The third-order valence-corrected chi connectivity index (χ3v) is 3.33. The fourth-order valence-electron chi connectivity index (χ4n) is 2.52. The van der Waals surface area contributed by atoms with Crippen LogP contribution in [0, 0.1) is 11.8 Å². The molecule has 2 rings (SSSR count). The Kier molecular flexibility index (Phi) is 1.84. The van der Waals surface area contributed by atoms with Crippen LogP contribution in [-0.4, -0.2) is 10.7 Å². The standard InChI is InChI=1S/C11H16O/c1-2-9-5-6-10-4-3-7-11(10,12)8-9/h2-4,9-10,12H,1,5-8H2/t9-,10+,11-/m0/s1. The molecule has 0 heterocycles. The van der Waals surface area contributed by atoms with Crippen molar-refractivity contribution in [1.29, 1.82) is 0 Å². The van der Waals surface area contributed by atoms with Gasteiger partial charge < -0.3 is 5.11 Å². The average molecular weight is 164 g/mol. The summed E-state index contributed by atoms with van der Waals surface area (Å²) in [6, 6.07) is 0. The lowest BCUT2D eigenvalue weighted by molar-refractivity contribution is -0.0298. The molecule has 0 aromatic heterocycles. The Hall–Kier alpha value is -0.560. The lowest BCUT2D eigenvalue weighted by Gasteiger charge is -2.38. The van der Waals surface area contributed by atoms with E-state index < -0.39 is 5.60 Å². The molecule has 0 unspecified atom stereocenters. The van der Waals surface area contributed by atoms with Gasteiger partial charge in [0.15, 0.2) is 0 Å². The zero-order valence-electron chi connectivity index (χ0n) is 7.37. The SMILES string of the molecule is C=C[C@H]1CC[C@H]2C=CC[C@]2(O)C1. The van der Waals surface area contributed by atoms with Crippen molar-refractivity contribution in [1.82, 2.24) is 0 Å². The first-order valence-electron chi connectivity index (χ1n) is 4.76. The van der Waals surface area contributed by atoms with E-state index in [1.165, 1.54) is 6.42 Å². The van der Waals surface area contributed by atoms with Crippen LogP contribution in [0.15, 0.2) is 24.8 Å². The van der Waals surface area contributed by atoms with Crippen LogP contribution in [0.25, 0.3) is 0 Å². The van der Waals surface area contributed by atoms with E-state index in [0.29, 0.717) is 11.8 Å². The fourth-order valence-corrected chi connectivity index (χ4v) is 2.52. The molecular formula is C11H16O. The van der Waals surface area contributed by atoms with Crippen molar-refractivity contribution in [3.63, 3.8) is 0 Å². The first kappa shape index (κ1) is 8.06. The van der Waals surface area contributed by atoms with E-state index in [1.807, 2.05) is 6.08 Å². The van der Waals surface area contributed by atoms with Crippen molar-refractivity contribution in [3.05, 3.63) is 24.8 Å². The van der Waals surface area contributed by atoms with Gasteiger partial charge in [-0.3, -0.25) is 0 Å². The smallest absolute Gasteiger partial charge is 0.0749 e. The molecule has 1 heteroatoms. The molecule has 0 spiro atoms. The first-order chi connectivity index (χ1) is 5.74. The molecule has 0 radical (unpaired) electrons. The van der Waals surface area contributed by atoms with Gasteiger partial charge in [0, 0.05) is 5.92 Å². The molecule has 2 aliphatic carbocycles. The summed E-state index contributed by atoms with van der Waals surface area (Å²) in [5.74, 6) is 0.958. The Morgan fingerprint density at radius 2 is 2.33 bits per heavy atom. The molecule has 0 aromatic carbocycles. The lowest BCUT2D eigenvalue weighted by atomic mass is 9.72. The van der Waals surface area contributed by atoms with Crippen LogP contribution in [0.2, 0.25) is 0 Å². The molecule has 0 aromatic rings. The second-order valence-electron chi connectivity index (χ2n) is 4.12.